The second-order valence-electron chi connectivity index (χ2n) is 6.38. The van der Waals surface area contributed by atoms with Crippen molar-refractivity contribution in [1.82, 2.24) is 24.4 Å². The molecule has 3 aromatic rings. The van der Waals surface area contributed by atoms with Crippen molar-refractivity contribution < 1.29 is 0 Å². The number of rotatable bonds is 4. The van der Waals surface area contributed by atoms with Crippen molar-refractivity contribution in [2.24, 2.45) is 0 Å². The molecule has 3 aromatic heterocycles. The van der Waals surface area contributed by atoms with Gasteiger partial charge in [0.1, 0.15) is 5.82 Å². The smallest absolute Gasteiger partial charge is 0.160 e. The summed E-state index contributed by atoms with van der Waals surface area (Å²) in [5.74, 6) is 0.970. The molecule has 1 unspecified atom stereocenters. The van der Waals surface area contributed by atoms with Gasteiger partial charge in [-0.25, -0.2) is 4.98 Å². The van der Waals surface area contributed by atoms with Crippen LogP contribution in [-0.4, -0.2) is 30.4 Å². The van der Waals surface area contributed by atoms with Crippen molar-refractivity contribution in [2.75, 3.05) is 5.32 Å². The van der Waals surface area contributed by atoms with E-state index in [0.717, 1.165) is 40.7 Å². The first-order valence-electron chi connectivity index (χ1n) is 7.96. The molecule has 0 aliphatic carbocycles. The fourth-order valence-electron chi connectivity index (χ4n) is 2.87. The molecule has 6 nitrogen and oxygen atoms in total. The summed E-state index contributed by atoms with van der Waals surface area (Å²) in [6.07, 6.45) is 0. The molecule has 0 aliphatic heterocycles. The summed E-state index contributed by atoms with van der Waals surface area (Å²) >= 11 is 0. The molecule has 0 spiro atoms. The molecular weight excluding hydrogens is 288 g/mol. The average Bonchev–Trinajstić information content (AvgIpc) is 2.91. The van der Waals surface area contributed by atoms with Crippen molar-refractivity contribution in [2.45, 2.75) is 54.1 Å². The number of hydrogen-bond acceptors (Lipinski definition) is 4. The van der Waals surface area contributed by atoms with Gasteiger partial charge in [-0.1, -0.05) is 0 Å². The second-order valence-corrected chi connectivity index (χ2v) is 6.38. The van der Waals surface area contributed by atoms with Crippen LogP contribution in [0.1, 0.15) is 35.3 Å². The van der Waals surface area contributed by atoms with E-state index in [1.54, 1.807) is 0 Å². The summed E-state index contributed by atoms with van der Waals surface area (Å²) in [4.78, 5) is 4.61. The van der Waals surface area contributed by atoms with Crippen molar-refractivity contribution in [3.8, 4) is 0 Å². The Bertz CT molecular complexity index is 858. The Morgan fingerprint density at radius 2 is 1.78 bits per heavy atom. The van der Waals surface area contributed by atoms with E-state index in [1.165, 1.54) is 5.69 Å². The van der Waals surface area contributed by atoms with Gasteiger partial charge >= 0.3 is 0 Å². The molecule has 0 amide bonds. The van der Waals surface area contributed by atoms with Gasteiger partial charge in [0.05, 0.1) is 17.9 Å². The zero-order chi connectivity index (χ0) is 16.7. The van der Waals surface area contributed by atoms with Crippen molar-refractivity contribution >= 4 is 11.5 Å². The summed E-state index contributed by atoms with van der Waals surface area (Å²) in [5.41, 5.74) is 6.28. The molecule has 0 fully saturated rings. The first kappa shape index (κ1) is 15.5. The van der Waals surface area contributed by atoms with Gasteiger partial charge in [-0.05, 0) is 47.6 Å². The highest BCUT2D eigenvalue weighted by Gasteiger charge is 2.13. The first-order valence-corrected chi connectivity index (χ1v) is 7.96. The molecular formula is C17H24N6. The van der Waals surface area contributed by atoms with E-state index in [-0.39, 0.29) is 6.04 Å². The molecule has 0 bridgehead atoms. The molecule has 0 aromatic carbocycles. The highest BCUT2D eigenvalue weighted by molar-refractivity contribution is 5.56. The third-order valence-electron chi connectivity index (χ3n) is 4.13. The summed E-state index contributed by atoms with van der Waals surface area (Å²) < 4.78 is 3.94. The Kier molecular flexibility index (Phi) is 3.83. The number of anilines is 1. The second kappa shape index (κ2) is 5.68. The quantitative estimate of drug-likeness (QED) is 0.804. The average molecular weight is 312 g/mol. The number of nitrogens with one attached hydrogen (secondary N) is 1. The van der Waals surface area contributed by atoms with E-state index in [4.69, 9.17) is 0 Å². The van der Waals surface area contributed by atoms with Crippen LogP contribution in [0.3, 0.4) is 0 Å². The van der Waals surface area contributed by atoms with Crippen LogP contribution in [0.15, 0.2) is 12.1 Å². The Morgan fingerprint density at radius 1 is 1.04 bits per heavy atom. The van der Waals surface area contributed by atoms with Crippen LogP contribution in [-0.2, 0) is 6.54 Å². The predicted molar refractivity (Wildman–Crippen MR) is 92.0 cm³/mol. The van der Waals surface area contributed by atoms with E-state index >= 15 is 0 Å². The number of fused-ring (bicyclic) bond motifs is 1. The SMILES string of the molecule is Cc1cc(NC(C)Cn2nc(C)cc2C)n2nc(C)c(C)c2n1. The fourth-order valence-corrected chi connectivity index (χ4v) is 2.87. The summed E-state index contributed by atoms with van der Waals surface area (Å²) in [7, 11) is 0. The minimum absolute atomic E-state index is 0.225. The maximum absolute atomic E-state index is 4.61. The van der Waals surface area contributed by atoms with Crippen molar-refractivity contribution in [1.29, 1.82) is 0 Å². The van der Waals surface area contributed by atoms with Crippen LogP contribution in [0.25, 0.3) is 5.65 Å². The van der Waals surface area contributed by atoms with Gasteiger partial charge < -0.3 is 5.32 Å². The fraction of sp³-hybridized carbons (Fsp3) is 0.471. The molecule has 1 atom stereocenters. The Balaban J connectivity index is 1.89. The number of aryl methyl sites for hydroxylation is 5. The predicted octanol–water partition coefficient (Wildman–Crippen LogP) is 2.97. The third kappa shape index (κ3) is 2.93. The lowest BCUT2D eigenvalue weighted by Crippen LogP contribution is -2.24. The normalized spacial score (nSPS) is 12.8. The van der Waals surface area contributed by atoms with Crippen LogP contribution < -0.4 is 5.32 Å². The minimum atomic E-state index is 0.225. The van der Waals surface area contributed by atoms with Crippen LogP contribution in [0.5, 0.6) is 0 Å². The van der Waals surface area contributed by atoms with Gasteiger partial charge in [-0.15, -0.1) is 0 Å². The molecule has 0 radical (unpaired) electrons. The van der Waals surface area contributed by atoms with Crippen LogP contribution in [0, 0.1) is 34.6 Å². The minimum Gasteiger partial charge on any atom is -0.366 e. The van der Waals surface area contributed by atoms with Crippen LogP contribution in [0.4, 0.5) is 5.82 Å². The van der Waals surface area contributed by atoms with Gasteiger partial charge in [0.25, 0.3) is 0 Å². The van der Waals surface area contributed by atoms with E-state index in [0.29, 0.717) is 0 Å². The largest absolute Gasteiger partial charge is 0.366 e. The van der Waals surface area contributed by atoms with Gasteiger partial charge in [0.2, 0.25) is 0 Å². The topological polar surface area (TPSA) is 60.0 Å². The Hall–Kier alpha value is -2.37. The van der Waals surface area contributed by atoms with Gasteiger partial charge in [-0.2, -0.15) is 14.7 Å². The zero-order valence-corrected chi connectivity index (χ0v) is 14.7. The molecule has 0 aliphatic rings. The molecule has 6 heteroatoms. The highest BCUT2D eigenvalue weighted by Crippen LogP contribution is 2.19. The van der Waals surface area contributed by atoms with E-state index in [9.17, 15) is 0 Å². The van der Waals surface area contributed by atoms with E-state index < -0.39 is 0 Å². The first-order chi connectivity index (χ1) is 10.8. The van der Waals surface area contributed by atoms with E-state index in [2.05, 4.69) is 47.3 Å². The van der Waals surface area contributed by atoms with Gasteiger partial charge in [0, 0.05) is 29.1 Å². The highest BCUT2D eigenvalue weighted by atomic mass is 15.3. The van der Waals surface area contributed by atoms with Crippen molar-refractivity contribution in [3.63, 3.8) is 0 Å². The van der Waals surface area contributed by atoms with Gasteiger partial charge in [0.15, 0.2) is 5.65 Å². The maximum atomic E-state index is 4.61. The molecule has 0 saturated heterocycles. The lowest BCUT2D eigenvalue weighted by atomic mass is 10.3. The van der Waals surface area contributed by atoms with Crippen LogP contribution >= 0.6 is 0 Å². The number of hydrogen-bond donors (Lipinski definition) is 1. The lowest BCUT2D eigenvalue weighted by Gasteiger charge is -2.17. The molecule has 122 valence electrons. The molecule has 1 N–H and O–H groups in total. The zero-order valence-electron chi connectivity index (χ0n) is 14.7. The van der Waals surface area contributed by atoms with Crippen molar-refractivity contribution in [3.05, 3.63) is 40.5 Å². The number of nitrogens with zero attached hydrogens (tertiary/aromatic N) is 5. The molecule has 3 rings (SSSR count). The number of aromatic nitrogens is 5. The standard InChI is InChI=1S/C17H24N6/c1-10-8-16(23-17(19-10)14(5)15(6)21-23)18-12(3)9-22-13(4)7-11(2)20-22/h7-8,12,18H,9H2,1-6H3. The summed E-state index contributed by atoms with van der Waals surface area (Å²) in [6.45, 7) is 13.2. The molecule has 0 saturated carbocycles. The van der Waals surface area contributed by atoms with E-state index in [1.807, 2.05) is 36.0 Å². The third-order valence-corrected chi connectivity index (χ3v) is 4.13. The molecule has 23 heavy (non-hydrogen) atoms. The summed E-state index contributed by atoms with van der Waals surface area (Å²) in [6, 6.07) is 4.36. The van der Waals surface area contributed by atoms with Gasteiger partial charge in [-0.3, -0.25) is 4.68 Å². The monoisotopic (exact) mass is 312 g/mol. The maximum Gasteiger partial charge on any atom is 0.160 e. The lowest BCUT2D eigenvalue weighted by molar-refractivity contribution is 0.543. The van der Waals surface area contributed by atoms with Crippen LogP contribution in [0.2, 0.25) is 0 Å². The Morgan fingerprint density at radius 3 is 2.43 bits per heavy atom. The Labute approximate surface area is 136 Å². The molecule has 3 heterocycles. The summed E-state index contributed by atoms with van der Waals surface area (Å²) in [5, 5.41) is 12.7.